The van der Waals surface area contributed by atoms with Crippen molar-refractivity contribution in [1.82, 2.24) is 4.90 Å². The van der Waals surface area contributed by atoms with Crippen molar-refractivity contribution in [3.05, 3.63) is 0 Å². The molecule has 14 heavy (non-hydrogen) atoms. The molecule has 0 spiro atoms. The maximum Gasteiger partial charge on any atom is 0.417 e. The molecule has 1 aliphatic rings. The average Bonchev–Trinajstić information content (AvgIpc) is 2.01. The minimum absolute atomic E-state index is 0.213. The fourth-order valence-electron chi connectivity index (χ4n) is 1.03. The summed E-state index contributed by atoms with van der Waals surface area (Å²) in [6, 6.07) is 0. The summed E-state index contributed by atoms with van der Waals surface area (Å²) in [4.78, 5) is 12.9. The standard InChI is InChI=1S/C9H15NO3S/c1-9(2,3)13-7(11)10-5-4-6-12-8(10)14/h4-6H2,1-3H3. The largest absolute Gasteiger partial charge is 0.470 e. The van der Waals surface area contributed by atoms with Gasteiger partial charge in [0, 0.05) is 6.54 Å². The fourth-order valence-corrected chi connectivity index (χ4v) is 1.28. The van der Waals surface area contributed by atoms with Crippen LogP contribution >= 0.6 is 12.2 Å². The molecule has 0 aromatic heterocycles. The van der Waals surface area contributed by atoms with Crippen molar-refractivity contribution in [1.29, 1.82) is 0 Å². The monoisotopic (exact) mass is 217 g/mol. The molecule has 1 fully saturated rings. The van der Waals surface area contributed by atoms with Crippen molar-refractivity contribution in [2.45, 2.75) is 32.8 Å². The molecule has 0 bridgehead atoms. The summed E-state index contributed by atoms with van der Waals surface area (Å²) in [6.07, 6.45) is 0.363. The Labute approximate surface area is 89.2 Å². The molecule has 1 heterocycles. The molecule has 0 saturated carbocycles. The minimum atomic E-state index is -0.496. The number of ether oxygens (including phenoxy) is 2. The van der Waals surface area contributed by atoms with Crippen molar-refractivity contribution >= 4 is 23.5 Å². The Morgan fingerprint density at radius 1 is 1.57 bits per heavy atom. The molecule has 0 unspecified atom stereocenters. The molecule has 80 valence electrons. The van der Waals surface area contributed by atoms with E-state index in [-0.39, 0.29) is 5.17 Å². The van der Waals surface area contributed by atoms with Gasteiger partial charge in [-0.1, -0.05) is 0 Å². The highest BCUT2D eigenvalue weighted by Gasteiger charge is 2.27. The first-order valence-electron chi connectivity index (χ1n) is 4.57. The summed E-state index contributed by atoms with van der Waals surface area (Å²) in [5.74, 6) is 0. The maximum absolute atomic E-state index is 11.6. The lowest BCUT2D eigenvalue weighted by Crippen LogP contribution is -2.44. The molecule has 0 aromatic carbocycles. The van der Waals surface area contributed by atoms with Gasteiger partial charge in [-0.05, 0) is 39.4 Å². The first-order valence-corrected chi connectivity index (χ1v) is 4.98. The Morgan fingerprint density at radius 2 is 2.21 bits per heavy atom. The van der Waals surface area contributed by atoms with Gasteiger partial charge in [-0.15, -0.1) is 0 Å². The van der Waals surface area contributed by atoms with Gasteiger partial charge in [0.2, 0.25) is 0 Å². The molecule has 5 heteroatoms. The van der Waals surface area contributed by atoms with Crippen LogP contribution in [0.3, 0.4) is 0 Å². The van der Waals surface area contributed by atoms with Gasteiger partial charge >= 0.3 is 6.09 Å². The molecule has 1 rings (SSSR count). The maximum atomic E-state index is 11.6. The average molecular weight is 217 g/mol. The van der Waals surface area contributed by atoms with E-state index in [4.69, 9.17) is 21.7 Å². The van der Waals surface area contributed by atoms with E-state index in [1.54, 1.807) is 0 Å². The highest BCUT2D eigenvalue weighted by molar-refractivity contribution is 7.80. The molecule has 4 nitrogen and oxygen atoms in total. The summed E-state index contributed by atoms with van der Waals surface area (Å²) in [7, 11) is 0. The Kier molecular flexibility index (Phi) is 3.31. The van der Waals surface area contributed by atoms with Crippen LogP contribution in [-0.4, -0.2) is 34.9 Å². The predicted octanol–water partition coefficient (Wildman–Crippen LogP) is 1.93. The van der Waals surface area contributed by atoms with E-state index in [2.05, 4.69) is 0 Å². The van der Waals surface area contributed by atoms with Crippen molar-refractivity contribution in [3.8, 4) is 0 Å². The molecule has 0 N–H and O–H groups in total. The van der Waals surface area contributed by atoms with Crippen LogP contribution in [0.15, 0.2) is 0 Å². The highest BCUT2D eigenvalue weighted by atomic mass is 32.1. The van der Waals surface area contributed by atoms with Crippen molar-refractivity contribution in [2.75, 3.05) is 13.2 Å². The zero-order chi connectivity index (χ0) is 10.8. The van der Waals surface area contributed by atoms with Gasteiger partial charge in [-0.2, -0.15) is 0 Å². The summed E-state index contributed by atoms with van der Waals surface area (Å²) in [5, 5.41) is 0.213. The van der Waals surface area contributed by atoms with Crippen LogP contribution < -0.4 is 0 Å². The number of nitrogens with zero attached hydrogens (tertiary/aromatic N) is 1. The first-order chi connectivity index (χ1) is 6.40. The van der Waals surface area contributed by atoms with E-state index in [1.165, 1.54) is 4.90 Å². The number of rotatable bonds is 0. The van der Waals surface area contributed by atoms with Gasteiger partial charge in [0.1, 0.15) is 5.60 Å². The fraction of sp³-hybridized carbons (Fsp3) is 0.778. The second kappa shape index (κ2) is 4.13. The lowest BCUT2D eigenvalue weighted by Gasteiger charge is -2.29. The number of amides is 1. The zero-order valence-electron chi connectivity index (χ0n) is 8.70. The molecule has 0 atom stereocenters. The van der Waals surface area contributed by atoms with Crippen LogP contribution in [0.25, 0.3) is 0 Å². The number of carbonyl (C=O) groups excluding carboxylic acids is 1. The number of hydrogen-bond donors (Lipinski definition) is 0. The molecular weight excluding hydrogens is 202 g/mol. The van der Waals surface area contributed by atoms with Crippen molar-refractivity contribution in [3.63, 3.8) is 0 Å². The van der Waals surface area contributed by atoms with E-state index in [0.29, 0.717) is 13.2 Å². The Bertz CT molecular complexity index is 247. The third kappa shape index (κ3) is 3.14. The molecule has 0 radical (unpaired) electrons. The quantitative estimate of drug-likeness (QED) is 0.581. The molecule has 0 aliphatic carbocycles. The minimum Gasteiger partial charge on any atom is -0.470 e. The van der Waals surface area contributed by atoms with Gasteiger partial charge in [-0.3, -0.25) is 0 Å². The summed E-state index contributed by atoms with van der Waals surface area (Å²) < 4.78 is 10.2. The van der Waals surface area contributed by atoms with Crippen LogP contribution in [0, 0.1) is 0 Å². The molecule has 1 aliphatic heterocycles. The number of thiocarbonyl (C=S) groups is 1. The summed E-state index contributed by atoms with van der Waals surface area (Å²) in [5.41, 5.74) is -0.496. The Balaban J connectivity index is 2.55. The normalized spacial score (nSPS) is 17.6. The summed E-state index contributed by atoms with van der Waals surface area (Å²) >= 11 is 4.90. The predicted molar refractivity (Wildman–Crippen MR) is 56.1 cm³/mol. The number of carbonyl (C=O) groups is 1. The van der Waals surface area contributed by atoms with Gasteiger partial charge in [0.15, 0.2) is 0 Å². The Morgan fingerprint density at radius 3 is 2.71 bits per heavy atom. The first kappa shape index (κ1) is 11.2. The van der Waals surface area contributed by atoms with Gasteiger partial charge in [0.25, 0.3) is 5.17 Å². The molecule has 1 amide bonds. The van der Waals surface area contributed by atoms with E-state index in [1.807, 2.05) is 20.8 Å². The van der Waals surface area contributed by atoms with Crippen LogP contribution in [0.1, 0.15) is 27.2 Å². The third-order valence-corrected chi connectivity index (χ3v) is 1.92. The molecule has 0 aromatic rings. The van der Waals surface area contributed by atoms with Gasteiger partial charge in [-0.25, -0.2) is 9.69 Å². The second-order valence-electron chi connectivity index (χ2n) is 4.10. The van der Waals surface area contributed by atoms with Crippen molar-refractivity contribution in [2.24, 2.45) is 0 Å². The highest BCUT2D eigenvalue weighted by Crippen LogP contribution is 2.13. The smallest absolute Gasteiger partial charge is 0.417 e. The lowest BCUT2D eigenvalue weighted by atomic mass is 10.2. The van der Waals surface area contributed by atoms with Crippen LogP contribution in [-0.2, 0) is 9.47 Å². The van der Waals surface area contributed by atoms with Crippen LogP contribution in [0.4, 0.5) is 4.79 Å². The summed E-state index contributed by atoms with van der Waals surface area (Å²) in [6.45, 7) is 6.61. The number of hydrogen-bond acceptors (Lipinski definition) is 4. The molecular formula is C9H15NO3S. The Hall–Kier alpha value is -0.840. The third-order valence-electron chi connectivity index (χ3n) is 1.59. The SMILES string of the molecule is CC(C)(C)OC(=O)N1CCCOC1=S. The lowest BCUT2D eigenvalue weighted by molar-refractivity contribution is 0.0285. The topological polar surface area (TPSA) is 38.8 Å². The van der Waals surface area contributed by atoms with E-state index in [9.17, 15) is 4.79 Å². The van der Waals surface area contributed by atoms with E-state index in [0.717, 1.165) is 6.42 Å². The van der Waals surface area contributed by atoms with E-state index >= 15 is 0 Å². The van der Waals surface area contributed by atoms with Crippen LogP contribution in [0.5, 0.6) is 0 Å². The van der Waals surface area contributed by atoms with Crippen LogP contribution in [0.2, 0.25) is 0 Å². The zero-order valence-corrected chi connectivity index (χ0v) is 9.52. The van der Waals surface area contributed by atoms with Gasteiger partial charge < -0.3 is 9.47 Å². The van der Waals surface area contributed by atoms with Crippen molar-refractivity contribution < 1.29 is 14.3 Å². The molecule has 1 saturated heterocycles. The van der Waals surface area contributed by atoms with E-state index < -0.39 is 11.7 Å². The second-order valence-corrected chi connectivity index (χ2v) is 4.45. The van der Waals surface area contributed by atoms with Gasteiger partial charge in [0.05, 0.1) is 6.61 Å².